The molecule has 13 nitrogen and oxygen atoms in total. The van der Waals surface area contributed by atoms with Crippen LogP contribution in [0.25, 0.3) is 11.1 Å². The summed E-state index contributed by atoms with van der Waals surface area (Å²) in [7, 11) is 0. The molecule has 2 aliphatic rings. The van der Waals surface area contributed by atoms with Crippen molar-refractivity contribution >= 4 is 23.3 Å². The van der Waals surface area contributed by atoms with Crippen molar-refractivity contribution in [1.82, 2.24) is 10.6 Å². The number of aromatic nitrogens is 1. The van der Waals surface area contributed by atoms with Gasteiger partial charge < -0.3 is 50.5 Å². The third-order valence-electron chi connectivity index (χ3n) is 9.41. The normalized spacial score (nSPS) is 17.2. The lowest BCUT2D eigenvalue weighted by Gasteiger charge is -2.28. The first-order chi connectivity index (χ1) is 24.6. The Labute approximate surface area is 303 Å². The van der Waals surface area contributed by atoms with Crippen LogP contribution in [0, 0.1) is 0 Å². The highest BCUT2D eigenvalue weighted by atomic mass is 35.5. The van der Waals surface area contributed by atoms with E-state index in [1.54, 1.807) is 12.4 Å². The van der Waals surface area contributed by atoms with Gasteiger partial charge in [0, 0.05) is 52.3 Å². The van der Waals surface area contributed by atoms with Crippen molar-refractivity contribution < 1.29 is 49.7 Å². The van der Waals surface area contributed by atoms with Gasteiger partial charge in [-0.3, -0.25) is 5.21 Å². The van der Waals surface area contributed by atoms with Crippen LogP contribution in [-0.2, 0) is 16.9 Å². The molecule has 0 saturated heterocycles. The van der Waals surface area contributed by atoms with Crippen LogP contribution in [0.15, 0.2) is 60.9 Å². The number of hydrogen-bond acceptors (Lipinski definition) is 10. The van der Waals surface area contributed by atoms with Gasteiger partial charge in [0.25, 0.3) is 0 Å². The number of rotatable bonds is 20. The molecule has 2 fully saturated rings. The number of carbonyl (C=O) groups excluding carboxylic acids is 1. The Morgan fingerprint density at radius 2 is 1.80 bits per heavy atom. The zero-order chi connectivity index (χ0) is 36.5. The molecule has 0 spiro atoms. The maximum absolute atomic E-state index is 12.3. The second kappa shape index (κ2) is 17.7. The minimum absolute atomic E-state index is 0.246. The van der Waals surface area contributed by atoms with E-state index < -0.39 is 49.2 Å². The number of aliphatic hydroxyl groups excluding tert-OH is 5. The zero-order valence-electron chi connectivity index (χ0n) is 28.8. The molecule has 1 aromatic heterocycles. The Bertz CT molecular complexity index is 1610. The fraction of sp³-hybridized carbons (Fsp3) is 0.514. The molecule has 0 unspecified atom stereocenters. The van der Waals surface area contributed by atoms with Crippen LogP contribution in [0.1, 0.15) is 56.6 Å². The summed E-state index contributed by atoms with van der Waals surface area (Å²) in [5.41, 5.74) is 4.07. The van der Waals surface area contributed by atoms with Gasteiger partial charge in [0.2, 0.25) is 12.4 Å². The molecule has 2 saturated carbocycles. The predicted octanol–water partition coefficient (Wildman–Crippen LogP) is 2.62. The van der Waals surface area contributed by atoms with E-state index in [0.29, 0.717) is 24.5 Å². The molecule has 8 N–H and O–H groups in total. The molecule has 0 bridgehead atoms. The van der Waals surface area contributed by atoms with Crippen LogP contribution in [0.4, 0.5) is 10.5 Å². The number of urea groups is 1. The van der Waals surface area contributed by atoms with Crippen molar-refractivity contribution in [1.29, 1.82) is 0 Å². The highest BCUT2D eigenvalue weighted by molar-refractivity contribution is 6.31. The first-order valence-corrected chi connectivity index (χ1v) is 18.0. The number of amides is 2. The Morgan fingerprint density at radius 1 is 1.04 bits per heavy atom. The average molecular weight is 730 g/mol. The van der Waals surface area contributed by atoms with E-state index in [-0.39, 0.29) is 12.7 Å². The summed E-state index contributed by atoms with van der Waals surface area (Å²) in [6, 6.07) is 13.9. The molecule has 2 aliphatic carbocycles. The van der Waals surface area contributed by atoms with E-state index in [4.69, 9.17) is 26.2 Å². The molecule has 2 aromatic carbocycles. The van der Waals surface area contributed by atoms with Gasteiger partial charge in [0.15, 0.2) is 0 Å². The van der Waals surface area contributed by atoms with Crippen LogP contribution in [-0.4, -0.2) is 100 Å². The van der Waals surface area contributed by atoms with E-state index in [2.05, 4.69) is 22.5 Å². The largest absolute Gasteiger partial charge is 0.490 e. The molecule has 0 aliphatic heterocycles. The lowest BCUT2D eigenvalue weighted by Crippen LogP contribution is -2.56. The van der Waals surface area contributed by atoms with Crippen molar-refractivity contribution in [2.75, 3.05) is 37.7 Å². The third-order valence-corrected chi connectivity index (χ3v) is 9.78. The standard InChI is InChI=1S/C37H49ClN4O9/c1-2-41(17-6-5-16-39-36(48)40-31(21-43)34(46)35(47)32(45)22-44)25-9-12-30(38)24(19-25)23-50-37(14-15-37)29-20-42(49)18-13-27(29)28-7-3-4-8-33(28)51-26-10-11-26/h3-4,7-9,12-13,18-20,26,31-32,34-35,43-47H,2,5-6,10-11,14-17,21-23H2,1H3,(H2-,39,40,48,49)/p+1/t31-,32+,34+,35+/m0/s1. The van der Waals surface area contributed by atoms with Gasteiger partial charge in [-0.25, -0.2) is 4.79 Å². The molecule has 51 heavy (non-hydrogen) atoms. The second-order valence-electron chi connectivity index (χ2n) is 13.2. The van der Waals surface area contributed by atoms with Crippen molar-refractivity contribution in [3.8, 4) is 16.9 Å². The molecule has 14 heteroatoms. The average Bonchev–Trinajstić information content (AvgIpc) is 4.09. The molecule has 278 valence electrons. The quantitative estimate of drug-likeness (QED) is 0.0488. The first-order valence-electron chi connectivity index (χ1n) is 17.6. The fourth-order valence-electron chi connectivity index (χ4n) is 6.06. The minimum Gasteiger partial charge on any atom is -0.490 e. The predicted molar refractivity (Wildman–Crippen MR) is 190 cm³/mol. The molecule has 3 aromatic rings. The molecule has 4 atom stereocenters. The van der Waals surface area contributed by atoms with Crippen LogP contribution >= 0.6 is 11.6 Å². The van der Waals surface area contributed by atoms with Crippen molar-refractivity contribution in [2.24, 2.45) is 0 Å². The summed E-state index contributed by atoms with van der Waals surface area (Å²) in [5, 5.41) is 64.1. The Kier molecular flexibility index (Phi) is 13.4. The summed E-state index contributed by atoms with van der Waals surface area (Å²) in [4.78, 5) is 14.5. The number of hydrogen-bond donors (Lipinski definition) is 8. The number of halogens is 1. The fourth-order valence-corrected chi connectivity index (χ4v) is 6.23. The summed E-state index contributed by atoms with van der Waals surface area (Å²) in [6.07, 6.45) is 3.66. The van der Waals surface area contributed by atoms with E-state index in [9.17, 15) is 30.4 Å². The number of ether oxygens (including phenoxy) is 2. The molecule has 1 heterocycles. The molecular weight excluding hydrogens is 680 g/mol. The van der Waals surface area contributed by atoms with Crippen LogP contribution in [0.2, 0.25) is 5.02 Å². The van der Waals surface area contributed by atoms with Gasteiger partial charge in [-0.2, -0.15) is 0 Å². The van der Waals surface area contributed by atoms with Crippen molar-refractivity contribution in [2.45, 2.75) is 88.1 Å². The number of aliphatic hydroxyl groups is 5. The minimum atomic E-state index is -1.74. The number of pyridine rings is 1. The summed E-state index contributed by atoms with van der Waals surface area (Å²) in [6.45, 7) is 2.66. The highest BCUT2D eigenvalue weighted by Gasteiger charge is 2.49. The Hall–Kier alpha value is -3.69. The van der Waals surface area contributed by atoms with E-state index >= 15 is 0 Å². The topological polar surface area (TPSA) is 188 Å². The summed E-state index contributed by atoms with van der Waals surface area (Å²) < 4.78 is 13.9. The number of para-hydroxylation sites is 1. The SMILES string of the molecule is CCN(CCCCNC(=O)N[C@@H](CO)[C@@H](O)[C@H](O)[C@H](O)CO)c1ccc(Cl)c(COC2(c3c[n+](O)ccc3-c3ccccc3OC3CC3)CC2)c1. The van der Waals surface area contributed by atoms with Crippen LogP contribution in [0.3, 0.4) is 0 Å². The van der Waals surface area contributed by atoms with E-state index in [0.717, 1.165) is 77.1 Å². The molecule has 5 rings (SSSR count). The van der Waals surface area contributed by atoms with Crippen LogP contribution in [0.5, 0.6) is 5.75 Å². The number of nitrogens with zero attached hydrogens (tertiary/aromatic N) is 2. The second-order valence-corrected chi connectivity index (χ2v) is 13.6. The third kappa shape index (κ3) is 10.0. The number of benzene rings is 2. The van der Waals surface area contributed by atoms with E-state index in [1.807, 2.05) is 48.5 Å². The molecule has 0 radical (unpaired) electrons. The van der Waals surface area contributed by atoms with Gasteiger partial charge in [0.05, 0.1) is 37.5 Å². The van der Waals surface area contributed by atoms with Gasteiger partial charge >= 0.3 is 6.03 Å². The first kappa shape index (κ1) is 38.5. The summed E-state index contributed by atoms with van der Waals surface area (Å²) in [5.74, 6) is 0.824. The smallest absolute Gasteiger partial charge is 0.315 e. The highest BCUT2D eigenvalue weighted by Crippen LogP contribution is 2.53. The lowest BCUT2D eigenvalue weighted by atomic mass is 9.96. The molecule has 2 amide bonds. The van der Waals surface area contributed by atoms with Crippen molar-refractivity contribution in [3.05, 3.63) is 77.1 Å². The molecular formula is C37H50ClN4O9+. The maximum atomic E-state index is 12.3. The number of anilines is 1. The van der Waals surface area contributed by atoms with Gasteiger partial charge in [0.1, 0.15) is 29.7 Å². The lowest BCUT2D eigenvalue weighted by molar-refractivity contribution is -0.905. The van der Waals surface area contributed by atoms with Crippen LogP contribution < -0.4 is 25.0 Å². The Morgan fingerprint density at radius 3 is 2.49 bits per heavy atom. The number of carbonyl (C=O) groups is 1. The number of nitrogens with one attached hydrogen (secondary N) is 2. The van der Waals surface area contributed by atoms with Crippen molar-refractivity contribution in [3.63, 3.8) is 0 Å². The Balaban J connectivity index is 1.16. The zero-order valence-corrected chi connectivity index (χ0v) is 29.6. The van der Waals surface area contributed by atoms with Gasteiger partial charge in [-0.15, -0.1) is 0 Å². The summed E-state index contributed by atoms with van der Waals surface area (Å²) >= 11 is 6.67. The van der Waals surface area contributed by atoms with Gasteiger partial charge in [-0.05, 0) is 75.3 Å². The van der Waals surface area contributed by atoms with Gasteiger partial charge in [-0.1, -0.05) is 29.8 Å². The number of unbranched alkanes of at least 4 members (excludes halogenated alkanes) is 1. The van der Waals surface area contributed by atoms with E-state index in [1.165, 1.54) is 0 Å². The maximum Gasteiger partial charge on any atom is 0.315 e. The monoisotopic (exact) mass is 729 g/mol.